The fourth-order valence-corrected chi connectivity index (χ4v) is 2.02. The number of hydrogen-bond acceptors (Lipinski definition) is 2. The van der Waals surface area contributed by atoms with Crippen LogP contribution in [0.25, 0.3) is 0 Å². The molecular weight excluding hydrogens is 283 g/mol. The first-order valence-corrected chi connectivity index (χ1v) is 6.20. The molecule has 1 N–H and O–H groups in total. The zero-order chi connectivity index (χ0) is 15.5. The van der Waals surface area contributed by atoms with Crippen molar-refractivity contribution in [2.24, 2.45) is 0 Å². The predicted octanol–water partition coefficient (Wildman–Crippen LogP) is 3.58. The largest absolute Gasteiger partial charge is 0.478 e. The number of aromatic carboxylic acids is 1. The zero-order valence-electron chi connectivity index (χ0n) is 10.9. The second-order valence-corrected chi connectivity index (χ2v) is 4.54. The molecule has 0 bridgehead atoms. The van der Waals surface area contributed by atoms with E-state index in [1.807, 2.05) is 0 Å². The fourth-order valence-electron chi connectivity index (χ4n) is 2.02. The molecule has 1 aromatic carbocycles. The van der Waals surface area contributed by atoms with Crippen molar-refractivity contribution in [1.29, 1.82) is 0 Å². The Bertz CT molecular complexity index is 653. The highest BCUT2D eigenvalue weighted by molar-refractivity contribution is 5.89. The van der Waals surface area contributed by atoms with Crippen molar-refractivity contribution in [3.05, 3.63) is 65.0 Å². The molecule has 0 amide bonds. The molecule has 0 aliphatic carbocycles. The van der Waals surface area contributed by atoms with E-state index in [9.17, 15) is 18.0 Å². The lowest BCUT2D eigenvalue weighted by molar-refractivity contribution is -0.137. The number of nitrogens with zero attached hydrogens (tertiary/aromatic N) is 1. The molecule has 1 heterocycles. The van der Waals surface area contributed by atoms with E-state index >= 15 is 0 Å². The predicted molar refractivity (Wildman–Crippen MR) is 70.0 cm³/mol. The van der Waals surface area contributed by atoms with Crippen LogP contribution in [0.2, 0.25) is 0 Å². The summed E-state index contributed by atoms with van der Waals surface area (Å²) >= 11 is 0. The van der Waals surface area contributed by atoms with Crippen LogP contribution in [0.1, 0.15) is 27.0 Å². The Labute approximate surface area is 119 Å². The minimum absolute atomic E-state index is 0.122. The van der Waals surface area contributed by atoms with Crippen molar-refractivity contribution < 1.29 is 23.1 Å². The Kier molecular flexibility index (Phi) is 4.26. The van der Waals surface area contributed by atoms with Crippen LogP contribution >= 0.6 is 0 Å². The highest BCUT2D eigenvalue weighted by Crippen LogP contribution is 2.29. The molecule has 3 nitrogen and oxygen atoms in total. The average Bonchev–Trinajstić information content (AvgIpc) is 2.45. The minimum atomic E-state index is -4.38. The summed E-state index contributed by atoms with van der Waals surface area (Å²) in [5.41, 5.74) is 0.425. The molecule has 0 unspecified atom stereocenters. The van der Waals surface area contributed by atoms with Crippen LogP contribution in [-0.2, 0) is 19.0 Å². The average molecular weight is 295 g/mol. The summed E-state index contributed by atoms with van der Waals surface area (Å²) in [6, 6.07) is 6.41. The number of aromatic nitrogens is 1. The lowest BCUT2D eigenvalue weighted by atomic mass is 10.0. The zero-order valence-corrected chi connectivity index (χ0v) is 10.9. The van der Waals surface area contributed by atoms with Crippen LogP contribution in [0.3, 0.4) is 0 Å². The van der Waals surface area contributed by atoms with Gasteiger partial charge in [-0.3, -0.25) is 4.98 Å². The molecule has 110 valence electrons. The normalized spacial score (nSPS) is 11.4. The van der Waals surface area contributed by atoms with Crippen molar-refractivity contribution in [3.63, 3.8) is 0 Å². The minimum Gasteiger partial charge on any atom is -0.478 e. The maximum atomic E-state index is 12.6. The summed E-state index contributed by atoms with van der Waals surface area (Å²) in [5, 5.41) is 9.04. The smallest absolute Gasteiger partial charge is 0.416 e. The fraction of sp³-hybridized carbons (Fsp3) is 0.200. The van der Waals surface area contributed by atoms with Gasteiger partial charge in [-0.1, -0.05) is 18.2 Å². The maximum Gasteiger partial charge on any atom is 0.416 e. The number of alkyl halides is 3. The Balaban J connectivity index is 2.16. The Morgan fingerprint density at radius 2 is 1.95 bits per heavy atom. The Hall–Kier alpha value is -2.37. The van der Waals surface area contributed by atoms with E-state index in [4.69, 9.17) is 5.11 Å². The third-order valence-electron chi connectivity index (χ3n) is 3.07. The SMILES string of the molecule is O=C(O)c1ccncc1CCc1cccc(C(F)(F)F)c1. The standard InChI is InChI=1S/C15H12F3NO2/c16-15(17,18)12-3-1-2-10(8-12)4-5-11-9-19-7-6-13(11)14(20)21/h1-3,6-9H,4-5H2,(H,20,21). The molecule has 0 saturated carbocycles. The summed E-state index contributed by atoms with van der Waals surface area (Å²) < 4.78 is 37.8. The van der Waals surface area contributed by atoms with E-state index in [0.29, 0.717) is 24.0 Å². The quantitative estimate of drug-likeness (QED) is 0.938. The molecule has 0 radical (unpaired) electrons. The lowest BCUT2D eigenvalue weighted by Gasteiger charge is -2.09. The van der Waals surface area contributed by atoms with Gasteiger partial charge in [-0.05, 0) is 36.1 Å². The number of hydrogen-bond donors (Lipinski definition) is 1. The van der Waals surface area contributed by atoms with Crippen molar-refractivity contribution in [3.8, 4) is 0 Å². The van der Waals surface area contributed by atoms with E-state index in [1.54, 1.807) is 6.07 Å². The van der Waals surface area contributed by atoms with Gasteiger partial charge in [0.2, 0.25) is 0 Å². The second-order valence-electron chi connectivity index (χ2n) is 4.54. The third kappa shape index (κ3) is 3.81. The van der Waals surface area contributed by atoms with Gasteiger partial charge in [0.05, 0.1) is 11.1 Å². The van der Waals surface area contributed by atoms with E-state index < -0.39 is 17.7 Å². The molecule has 2 aromatic rings. The number of carbonyl (C=O) groups is 1. The lowest BCUT2D eigenvalue weighted by Crippen LogP contribution is -2.07. The van der Waals surface area contributed by atoms with E-state index in [2.05, 4.69) is 4.98 Å². The molecule has 0 spiro atoms. The molecular formula is C15H12F3NO2. The topological polar surface area (TPSA) is 50.2 Å². The van der Waals surface area contributed by atoms with E-state index in [0.717, 1.165) is 12.1 Å². The Morgan fingerprint density at radius 1 is 1.19 bits per heavy atom. The first-order chi connectivity index (χ1) is 9.88. The maximum absolute atomic E-state index is 12.6. The van der Waals surface area contributed by atoms with Crippen LogP contribution in [0.4, 0.5) is 13.2 Å². The van der Waals surface area contributed by atoms with Crippen molar-refractivity contribution in [2.75, 3.05) is 0 Å². The molecule has 0 aliphatic heterocycles. The summed E-state index contributed by atoms with van der Waals surface area (Å²) in [6.45, 7) is 0. The van der Waals surface area contributed by atoms with Crippen LogP contribution in [0.5, 0.6) is 0 Å². The summed E-state index contributed by atoms with van der Waals surface area (Å²) in [6.07, 6.45) is -0.947. The van der Waals surface area contributed by atoms with Crippen LogP contribution in [0.15, 0.2) is 42.7 Å². The number of carboxylic acids is 1. The molecule has 0 fully saturated rings. The van der Waals surface area contributed by atoms with E-state index in [1.165, 1.54) is 24.5 Å². The molecule has 0 saturated heterocycles. The molecule has 0 atom stereocenters. The molecule has 1 aromatic heterocycles. The number of carboxylic acid groups (broad SMARTS) is 1. The van der Waals surface area contributed by atoms with E-state index in [-0.39, 0.29) is 5.56 Å². The summed E-state index contributed by atoms with van der Waals surface area (Å²) in [4.78, 5) is 14.9. The van der Waals surface area contributed by atoms with Crippen LogP contribution in [-0.4, -0.2) is 16.1 Å². The number of pyridine rings is 1. The van der Waals surface area contributed by atoms with Crippen molar-refractivity contribution in [2.45, 2.75) is 19.0 Å². The van der Waals surface area contributed by atoms with Gasteiger partial charge in [0.15, 0.2) is 0 Å². The van der Waals surface area contributed by atoms with Crippen LogP contribution < -0.4 is 0 Å². The molecule has 2 rings (SSSR count). The summed E-state index contributed by atoms with van der Waals surface area (Å²) in [7, 11) is 0. The van der Waals surface area contributed by atoms with Gasteiger partial charge in [0.1, 0.15) is 0 Å². The van der Waals surface area contributed by atoms with Gasteiger partial charge in [-0.15, -0.1) is 0 Å². The number of halogens is 3. The highest BCUT2D eigenvalue weighted by Gasteiger charge is 2.30. The number of rotatable bonds is 4. The van der Waals surface area contributed by atoms with Crippen LogP contribution in [0, 0.1) is 0 Å². The van der Waals surface area contributed by atoms with Gasteiger partial charge >= 0.3 is 12.1 Å². The van der Waals surface area contributed by atoms with Gasteiger partial charge in [0, 0.05) is 12.4 Å². The second kappa shape index (κ2) is 5.95. The number of aryl methyl sites for hydroxylation is 2. The first kappa shape index (κ1) is 15.0. The van der Waals surface area contributed by atoms with Crippen molar-refractivity contribution >= 4 is 5.97 Å². The third-order valence-corrected chi connectivity index (χ3v) is 3.07. The molecule has 6 heteroatoms. The van der Waals surface area contributed by atoms with Gasteiger partial charge < -0.3 is 5.11 Å². The van der Waals surface area contributed by atoms with Gasteiger partial charge in [0.25, 0.3) is 0 Å². The van der Waals surface area contributed by atoms with Gasteiger partial charge in [-0.2, -0.15) is 13.2 Å². The van der Waals surface area contributed by atoms with Gasteiger partial charge in [-0.25, -0.2) is 4.79 Å². The first-order valence-electron chi connectivity index (χ1n) is 6.20. The Morgan fingerprint density at radius 3 is 2.62 bits per heavy atom. The molecule has 21 heavy (non-hydrogen) atoms. The van der Waals surface area contributed by atoms with Crippen molar-refractivity contribution in [1.82, 2.24) is 4.98 Å². The highest BCUT2D eigenvalue weighted by atomic mass is 19.4. The number of benzene rings is 1. The summed E-state index contributed by atoms with van der Waals surface area (Å²) in [5.74, 6) is -1.07. The monoisotopic (exact) mass is 295 g/mol. The molecule has 0 aliphatic rings.